The molecule has 7 heavy (non-hydrogen) atoms. The van der Waals surface area contributed by atoms with Crippen molar-refractivity contribution in [2.24, 2.45) is 0 Å². The third kappa shape index (κ3) is 62.3. The van der Waals surface area contributed by atoms with E-state index in [1.807, 2.05) is 0 Å². The first kappa shape index (κ1) is 9.30. The average Bonchev–Trinajstić information content (AvgIpc) is 0.592. The van der Waals surface area contributed by atoms with Crippen LogP contribution in [0.2, 0.25) is 0 Å². The molecule has 0 unspecified atom stereocenters. The van der Waals surface area contributed by atoms with Crippen LogP contribution in [0.25, 0.3) is 0 Å². The molecule has 0 nitrogen and oxygen atoms in total. The van der Waals surface area contributed by atoms with Gasteiger partial charge in [0.1, 0.15) is 0 Å². The summed E-state index contributed by atoms with van der Waals surface area (Å²) in [5.41, 5.74) is -5.23. The third-order valence-corrected chi connectivity index (χ3v) is 0. The van der Waals surface area contributed by atoms with Crippen LogP contribution in [0.1, 0.15) is 0 Å². The van der Waals surface area contributed by atoms with Gasteiger partial charge in [-0.2, -0.15) is 0 Å². The van der Waals surface area contributed by atoms with Crippen molar-refractivity contribution in [2.45, 2.75) is 0 Å². The summed E-state index contributed by atoms with van der Waals surface area (Å²) in [6.07, 6.45) is 0. The molecule has 0 aliphatic heterocycles. The van der Waals surface area contributed by atoms with E-state index in [2.05, 4.69) is 0 Å². The quantitative estimate of drug-likeness (QED) is 0.595. The van der Waals surface area contributed by atoms with Gasteiger partial charge < -0.3 is 0 Å². The van der Waals surface area contributed by atoms with Gasteiger partial charge in [-0.1, -0.05) is 0 Å². The van der Waals surface area contributed by atoms with Crippen molar-refractivity contribution in [3.8, 4) is 0 Å². The SMILES string of the molecule is Cl[As-](Cl)(Cl)(Cl)(Cl)Cl. The Labute approximate surface area is 64.7 Å². The molecule has 0 rings (SSSR count). The van der Waals surface area contributed by atoms with Crippen LogP contribution < -0.4 is 0 Å². The molecule has 0 amide bonds. The first-order chi connectivity index (χ1) is 2.45. The monoisotopic (exact) mass is 285 g/mol. The molecule has 0 saturated heterocycles. The first-order valence-electron chi connectivity index (χ1n) is 1.01. The zero-order valence-corrected chi connectivity index (χ0v) is 9.13. The second kappa shape index (κ2) is 1.48. The van der Waals surface area contributed by atoms with Gasteiger partial charge >= 0.3 is 65.4 Å². The second-order valence-electron chi connectivity index (χ2n) is 0.958. The van der Waals surface area contributed by atoms with Gasteiger partial charge in [0, 0.05) is 0 Å². The topological polar surface area (TPSA) is 0 Å². The van der Waals surface area contributed by atoms with Crippen LogP contribution in [0.4, 0.5) is 0 Å². The maximum absolute atomic E-state index is 5.23. The van der Waals surface area contributed by atoms with Crippen molar-refractivity contribution in [1.82, 2.24) is 0 Å². The van der Waals surface area contributed by atoms with E-state index in [0.717, 1.165) is 0 Å². The minimum absolute atomic E-state index is 5.05. The van der Waals surface area contributed by atoms with Gasteiger partial charge in [-0.05, 0) is 0 Å². The van der Waals surface area contributed by atoms with Gasteiger partial charge in [0.05, 0.1) is 0 Å². The van der Waals surface area contributed by atoms with E-state index >= 15 is 0 Å². The molecule has 0 aromatic heterocycles. The Hall–Kier alpha value is 2.30. The van der Waals surface area contributed by atoms with Crippen molar-refractivity contribution in [3.63, 3.8) is 0 Å². The van der Waals surface area contributed by atoms with Crippen molar-refractivity contribution in [1.29, 1.82) is 0 Å². The van der Waals surface area contributed by atoms with Gasteiger partial charge in [0.2, 0.25) is 0 Å². The fourth-order valence-electron chi connectivity index (χ4n) is 0. The van der Waals surface area contributed by atoms with Crippen LogP contribution in [0.15, 0.2) is 0 Å². The molecule has 0 radical (unpaired) electrons. The van der Waals surface area contributed by atoms with Gasteiger partial charge in [0.15, 0.2) is 0 Å². The minimum atomic E-state index is -5.23. The zero-order valence-electron chi connectivity index (χ0n) is 2.72. The van der Waals surface area contributed by atoms with E-state index in [1.54, 1.807) is 0 Å². The summed E-state index contributed by atoms with van der Waals surface area (Å²) in [5, 5.41) is 0. The zero-order chi connectivity index (χ0) is 6.41. The molecule has 0 aliphatic rings. The fourth-order valence-corrected chi connectivity index (χ4v) is 0. The van der Waals surface area contributed by atoms with Gasteiger partial charge in [-0.3, -0.25) is 0 Å². The first-order valence-corrected chi connectivity index (χ1v) is 15.8. The Morgan fingerprint density at radius 1 is 0.571 bits per heavy atom. The molecular formula is AsCl6-. The summed E-state index contributed by atoms with van der Waals surface area (Å²) in [7, 11) is 30.3. The molecule has 0 bridgehead atoms. The Morgan fingerprint density at radius 2 is 0.571 bits per heavy atom. The molecule has 0 saturated carbocycles. The van der Waals surface area contributed by atoms with Gasteiger partial charge in [-0.25, -0.2) is 0 Å². The van der Waals surface area contributed by atoms with E-state index in [1.165, 1.54) is 0 Å². The molecule has 0 heterocycles. The van der Waals surface area contributed by atoms with Crippen LogP contribution in [-0.4, -0.2) is 5.70 Å². The van der Waals surface area contributed by atoms with E-state index in [-0.39, 0.29) is 0 Å². The van der Waals surface area contributed by atoms with E-state index in [4.69, 9.17) is 59.7 Å². The molecule has 0 aromatic rings. The average molecular weight is 288 g/mol. The normalized spacial score (nSPS) is 23.1. The van der Waals surface area contributed by atoms with Crippen LogP contribution in [0.5, 0.6) is 0 Å². The summed E-state index contributed by atoms with van der Waals surface area (Å²) in [5.74, 6) is 0. The Balaban J connectivity index is 4.43. The molecule has 0 aromatic carbocycles. The number of hydrogen-bond donors (Lipinski definition) is 0. The number of rotatable bonds is 0. The van der Waals surface area contributed by atoms with E-state index in [0.29, 0.717) is 0 Å². The molecular weight excluding hydrogens is 288 g/mol. The van der Waals surface area contributed by atoms with Crippen LogP contribution in [0.3, 0.4) is 0 Å². The van der Waals surface area contributed by atoms with Gasteiger partial charge in [0.25, 0.3) is 0 Å². The Morgan fingerprint density at radius 3 is 0.571 bits per heavy atom. The Kier molecular flexibility index (Phi) is 1.96. The molecule has 0 N–H and O–H groups in total. The van der Waals surface area contributed by atoms with E-state index in [9.17, 15) is 0 Å². The molecule has 0 aliphatic carbocycles. The van der Waals surface area contributed by atoms with Crippen LogP contribution in [-0.2, 0) is 0 Å². The van der Waals surface area contributed by atoms with Crippen LogP contribution >= 0.6 is 59.7 Å². The van der Waals surface area contributed by atoms with Crippen LogP contribution in [0, 0.1) is 0 Å². The molecule has 0 spiro atoms. The molecule has 7 heteroatoms. The van der Waals surface area contributed by atoms with Crippen molar-refractivity contribution >= 4 is 65.4 Å². The Bertz CT molecular complexity index is 62.7. The summed E-state index contributed by atoms with van der Waals surface area (Å²) in [6.45, 7) is 0. The number of hydrogen-bond acceptors (Lipinski definition) is 0. The van der Waals surface area contributed by atoms with Crippen molar-refractivity contribution < 1.29 is 0 Å². The summed E-state index contributed by atoms with van der Waals surface area (Å²) in [4.78, 5) is 0. The fraction of sp³-hybridized carbons (Fsp3) is 0. The standard InChI is InChI=1S/AsCl6/c2-1(3,4,5,6)7/q-1. The van der Waals surface area contributed by atoms with E-state index < -0.39 is 5.70 Å². The second-order valence-corrected chi connectivity index (χ2v) is 44.8. The maximum atomic E-state index is 5.05. The number of halogens is 6. The van der Waals surface area contributed by atoms with Crippen molar-refractivity contribution in [2.75, 3.05) is 0 Å². The van der Waals surface area contributed by atoms with Gasteiger partial charge in [-0.15, -0.1) is 0 Å². The summed E-state index contributed by atoms with van der Waals surface area (Å²) >= 11 is 0. The summed E-state index contributed by atoms with van der Waals surface area (Å²) < 4.78 is 0. The predicted octanol–water partition coefficient (Wildman–Crippen LogP) is 3.76. The third-order valence-electron chi connectivity index (χ3n) is 0. The molecule has 0 atom stereocenters. The summed E-state index contributed by atoms with van der Waals surface area (Å²) in [6, 6.07) is 0. The predicted molar refractivity (Wildman–Crippen MR) is 40.9 cm³/mol. The van der Waals surface area contributed by atoms with Crippen molar-refractivity contribution in [3.05, 3.63) is 0 Å². The molecule has 48 valence electrons. The molecule has 0 fully saturated rings.